The van der Waals surface area contributed by atoms with E-state index in [0.717, 1.165) is 4.68 Å². The molecule has 0 bridgehead atoms. The normalized spacial score (nSPS) is 11.8. The van der Waals surface area contributed by atoms with E-state index in [2.05, 4.69) is 10.2 Å². The number of nitrogens with two attached hydrogens (primary N) is 2. The standard InChI is InChI=1S/C17H15F2N3O3S.C16H13F2N3O2S/c1-25-12-8-6-11(7-9-12)15-10-13(17(18)19)21-22(15)14-4-2-3-5-16(14)26(20,23)24;17-16(18)12-10-14(11-6-2-1-3-7-11)21(20-12)13-8-4-5-9-15(13)24(19,22)23/h2-10,17H,1H3,(H2,20,23,24);1-10,16H,(H2,19,22,23). The minimum Gasteiger partial charge on any atom is -0.497 e. The lowest BCUT2D eigenvalue weighted by atomic mass is 10.1. The van der Waals surface area contributed by atoms with Gasteiger partial charge in [0, 0.05) is 11.1 Å². The van der Waals surface area contributed by atoms with Crippen LogP contribution in [0.1, 0.15) is 24.2 Å². The second kappa shape index (κ2) is 14.6. The maximum Gasteiger partial charge on any atom is 0.282 e. The van der Waals surface area contributed by atoms with Crippen LogP contribution in [0.3, 0.4) is 0 Å². The molecular formula is C33H28F4N6O5S2. The first-order valence-electron chi connectivity index (χ1n) is 14.4. The van der Waals surface area contributed by atoms with Gasteiger partial charge in [-0.3, -0.25) is 0 Å². The maximum absolute atomic E-state index is 13.2. The topological polar surface area (TPSA) is 165 Å². The van der Waals surface area contributed by atoms with Gasteiger partial charge in [-0.25, -0.2) is 54.0 Å². The van der Waals surface area contributed by atoms with Gasteiger partial charge in [-0.1, -0.05) is 54.6 Å². The first-order valence-corrected chi connectivity index (χ1v) is 17.5. The molecule has 2 heterocycles. The highest BCUT2D eigenvalue weighted by Gasteiger charge is 2.23. The third-order valence-corrected chi connectivity index (χ3v) is 9.08. The van der Waals surface area contributed by atoms with Crippen LogP contribution in [0.5, 0.6) is 5.75 Å². The molecule has 0 spiro atoms. The van der Waals surface area contributed by atoms with E-state index in [1.54, 1.807) is 66.7 Å². The fourth-order valence-electron chi connectivity index (χ4n) is 4.91. The van der Waals surface area contributed by atoms with Gasteiger partial charge in [0.15, 0.2) is 0 Å². The van der Waals surface area contributed by atoms with Crippen molar-refractivity contribution in [2.75, 3.05) is 7.11 Å². The molecule has 11 nitrogen and oxygen atoms in total. The fourth-order valence-corrected chi connectivity index (χ4v) is 6.34. The Balaban J connectivity index is 0.000000195. The van der Waals surface area contributed by atoms with Gasteiger partial charge < -0.3 is 4.74 Å². The van der Waals surface area contributed by atoms with E-state index in [1.807, 2.05) is 0 Å². The molecule has 4 N–H and O–H groups in total. The van der Waals surface area contributed by atoms with Gasteiger partial charge in [0.05, 0.1) is 29.9 Å². The molecular weight excluding hydrogens is 701 g/mol. The highest BCUT2D eigenvalue weighted by molar-refractivity contribution is 7.89. The molecule has 0 saturated heterocycles. The molecule has 4 aromatic carbocycles. The predicted molar refractivity (Wildman–Crippen MR) is 177 cm³/mol. The van der Waals surface area contributed by atoms with E-state index < -0.39 is 44.3 Å². The number of benzene rings is 4. The number of para-hydroxylation sites is 2. The molecule has 6 rings (SSSR count). The molecule has 0 aliphatic heterocycles. The number of halogens is 4. The lowest BCUT2D eigenvalue weighted by Gasteiger charge is -2.11. The number of methoxy groups -OCH3 is 1. The molecule has 0 unspecified atom stereocenters. The molecule has 0 aliphatic rings. The smallest absolute Gasteiger partial charge is 0.282 e. The zero-order valence-electron chi connectivity index (χ0n) is 25.9. The van der Waals surface area contributed by atoms with Gasteiger partial charge in [-0.05, 0) is 60.7 Å². The SMILES string of the molecule is COc1ccc(-c2cc(C(F)F)nn2-c2ccccc2S(N)(=O)=O)cc1.NS(=O)(=O)c1ccccc1-n1nc(C(F)F)cc1-c1ccccc1. The zero-order valence-corrected chi connectivity index (χ0v) is 27.6. The van der Waals surface area contributed by atoms with E-state index in [4.69, 9.17) is 15.0 Å². The summed E-state index contributed by atoms with van der Waals surface area (Å²) in [6.07, 6.45) is -5.59. The molecule has 2 aromatic heterocycles. The largest absolute Gasteiger partial charge is 0.497 e. The summed E-state index contributed by atoms with van der Waals surface area (Å²) in [5.74, 6) is 0.596. The fraction of sp³-hybridized carbons (Fsp3) is 0.0909. The van der Waals surface area contributed by atoms with Crippen molar-refractivity contribution >= 4 is 20.0 Å². The molecule has 260 valence electrons. The summed E-state index contributed by atoms with van der Waals surface area (Å²) in [7, 11) is -6.60. The Morgan fingerprint density at radius 1 is 0.580 bits per heavy atom. The van der Waals surface area contributed by atoms with Gasteiger partial charge >= 0.3 is 0 Å². The van der Waals surface area contributed by atoms with Crippen LogP contribution in [-0.2, 0) is 20.0 Å². The number of rotatable bonds is 9. The lowest BCUT2D eigenvalue weighted by molar-refractivity contribution is 0.145. The average Bonchev–Trinajstić information content (AvgIpc) is 3.75. The van der Waals surface area contributed by atoms with Crippen LogP contribution in [0.15, 0.2) is 125 Å². The van der Waals surface area contributed by atoms with E-state index in [1.165, 1.54) is 60.3 Å². The zero-order chi connectivity index (χ0) is 36.2. The predicted octanol–water partition coefficient (Wildman–Crippen LogP) is 6.26. The molecule has 0 fully saturated rings. The Kier molecular flexibility index (Phi) is 10.5. The quantitative estimate of drug-likeness (QED) is 0.166. The van der Waals surface area contributed by atoms with Crippen molar-refractivity contribution in [3.8, 4) is 39.6 Å². The minimum atomic E-state index is -4.07. The Labute approximate surface area is 284 Å². The number of sulfonamides is 2. The molecule has 0 atom stereocenters. The first-order chi connectivity index (χ1) is 23.7. The third kappa shape index (κ3) is 7.92. The van der Waals surface area contributed by atoms with Crippen LogP contribution >= 0.6 is 0 Å². The lowest BCUT2D eigenvalue weighted by Crippen LogP contribution is -2.16. The third-order valence-electron chi connectivity index (χ3n) is 7.16. The second-order valence-electron chi connectivity index (χ2n) is 10.5. The second-order valence-corrected chi connectivity index (χ2v) is 13.5. The van der Waals surface area contributed by atoms with Crippen molar-refractivity contribution in [3.63, 3.8) is 0 Å². The van der Waals surface area contributed by atoms with Crippen molar-refractivity contribution in [2.24, 2.45) is 10.3 Å². The van der Waals surface area contributed by atoms with E-state index in [-0.39, 0.29) is 21.2 Å². The average molecular weight is 729 g/mol. The summed E-state index contributed by atoms with van der Waals surface area (Å²) in [6.45, 7) is 0. The number of hydrogen-bond donors (Lipinski definition) is 2. The molecule has 17 heteroatoms. The Morgan fingerprint density at radius 3 is 1.34 bits per heavy atom. The summed E-state index contributed by atoms with van der Waals surface area (Å²) in [6, 6.07) is 29.5. The van der Waals surface area contributed by atoms with Crippen LogP contribution < -0.4 is 15.0 Å². The summed E-state index contributed by atoms with van der Waals surface area (Å²) in [5.41, 5.74) is 1.13. The number of nitrogens with zero attached hydrogens (tertiary/aromatic N) is 4. The number of aromatic nitrogens is 4. The molecule has 0 radical (unpaired) electrons. The van der Waals surface area contributed by atoms with E-state index in [9.17, 15) is 34.4 Å². The van der Waals surface area contributed by atoms with Crippen LogP contribution in [0.25, 0.3) is 33.9 Å². The number of hydrogen-bond acceptors (Lipinski definition) is 7. The number of ether oxygens (including phenoxy) is 1. The van der Waals surface area contributed by atoms with Crippen molar-refractivity contribution in [1.82, 2.24) is 19.6 Å². The Hall–Kier alpha value is -5.36. The first kappa shape index (κ1) is 35.9. The van der Waals surface area contributed by atoms with Crippen molar-refractivity contribution < 1.29 is 39.1 Å². The molecule has 6 aromatic rings. The van der Waals surface area contributed by atoms with Gasteiger partial charge in [0.2, 0.25) is 20.0 Å². The van der Waals surface area contributed by atoms with Crippen molar-refractivity contribution in [1.29, 1.82) is 0 Å². The van der Waals surface area contributed by atoms with Crippen molar-refractivity contribution in [3.05, 3.63) is 127 Å². The Morgan fingerprint density at radius 2 is 0.960 bits per heavy atom. The van der Waals surface area contributed by atoms with Crippen LogP contribution in [0.2, 0.25) is 0 Å². The number of primary sulfonamides is 2. The van der Waals surface area contributed by atoms with E-state index >= 15 is 0 Å². The van der Waals surface area contributed by atoms with Gasteiger partial charge in [-0.15, -0.1) is 0 Å². The summed E-state index contributed by atoms with van der Waals surface area (Å²) in [4.78, 5) is -0.398. The van der Waals surface area contributed by atoms with Gasteiger partial charge in [0.1, 0.15) is 26.9 Å². The highest BCUT2D eigenvalue weighted by atomic mass is 32.2. The van der Waals surface area contributed by atoms with Crippen molar-refractivity contribution in [2.45, 2.75) is 22.6 Å². The molecule has 50 heavy (non-hydrogen) atoms. The maximum atomic E-state index is 13.2. The molecule has 0 saturated carbocycles. The monoisotopic (exact) mass is 728 g/mol. The summed E-state index contributed by atoms with van der Waals surface area (Å²) in [5, 5.41) is 18.3. The van der Waals surface area contributed by atoms with Crippen LogP contribution in [0.4, 0.5) is 17.6 Å². The van der Waals surface area contributed by atoms with Gasteiger partial charge in [0.25, 0.3) is 12.9 Å². The molecule has 0 aliphatic carbocycles. The van der Waals surface area contributed by atoms with Gasteiger partial charge in [-0.2, -0.15) is 10.2 Å². The minimum absolute atomic E-state index is 0.0905. The Bertz CT molecular complexity index is 2330. The molecule has 0 amide bonds. The van der Waals surface area contributed by atoms with Crippen LogP contribution in [-0.4, -0.2) is 43.5 Å². The summed E-state index contributed by atoms with van der Waals surface area (Å²) >= 11 is 0. The van der Waals surface area contributed by atoms with Crippen LogP contribution in [0, 0.1) is 0 Å². The summed E-state index contributed by atoms with van der Waals surface area (Å²) < 4.78 is 107. The highest BCUT2D eigenvalue weighted by Crippen LogP contribution is 2.32. The van der Waals surface area contributed by atoms with E-state index in [0.29, 0.717) is 28.3 Å². The number of alkyl halides is 4.